The summed E-state index contributed by atoms with van der Waals surface area (Å²) in [5.41, 5.74) is 0. The predicted octanol–water partition coefficient (Wildman–Crippen LogP) is 5.99. The number of esters is 1. The Kier molecular flexibility index (Phi) is 13.5. The normalized spacial score (nSPS) is 10.1. The predicted molar refractivity (Wildman–Crippen MR) is 91.5 cm³/mol. The number of hydrogen-bond acceptors (Lipinski definition) is 4. The van der Waals surface area contributed by atoms with E-state index in [0.717, 1.165) is 6.42 Å². The van der Waals surface area contributed by atoms with E-state index in [-0.39, 0.29) is 12.1 Å². The fourth-order valence-corrected chi connectivity index (χ4v) is 2.84. The first-order valence-corrected chi connectivity index (χ1v) is 8.93. The summed E-state index contributed by atoms with van der Waals surface area (Å²) in [7, 11) is 0. The first kappa shape index (κ1) is 20.1. The molecule has 3 N–H and O–H groups in total. The molecular formula is C17H31NO2S. The molecule has 0 saturated carbocycles. The van der Waals surface area contributed by atoms with Gasteiger partial charge in [-0.25, -0.2) is 4.79 Å². The summed E-state index contributed by atoms with van der Waals surface area (Å²) in [6.45, 7) is 2.82. The van der Waals surface area contributed by atoms with Crippen LogP contribution in [0.1, 0.15) is 80.8 Å². The average molecular weight is 314 g/mol. The zero-order valence-electron chi connectivity index (χ0n) is 13.4. The highest BCUT2D eigenvalue weighted by Crippen LogP contribution is 2.12. The molecule has 1 aromatic heterocycles. The van der Waals surface area contributed by atoms with E-state index in [0.29, 0.717) is 11.5 Å². The molecule has 0 aliphatic rings. The summed E-state index contributed by atoms with van der Waals surface area (Å²) in [6, 6.07) is 3.69. The molecule has 21 heavy (non-hydrogen) atoms. The quantitative estimate of drug-likeness (QED) is 0.381. The number of ether oxygens (including phenoxy) is 1. The fourth-order valence-electron chi connectivity index (χ4n) is 2.22. The van der Waals surface area contributed by atoms with Gasteiger partial charge in [0, 0.05) is 0 Å². The molecule has 122 valence electrons. The molecule has 0 aromatic carbocycles. The Morgan fingerprint density at radius 3 is 2.10 bits per heavy atom. The molecule has 1 aromatic rings. The standard InChI is InChI=1S/C17H28O2S.H3N/c1-2-3-4-5-6-7-8-9-10-11-14-19-17(18)16-13-12-15-20-16;/h12-13,15H,2-11,14H2,1H3;1H3. The number of unbranched alkanes of at least 4 members (excludes halogenated alkanes) is 9. The van der Waals surface area contributed by atoms with Crippen LogP contribution in [-0.2, 0) is 4.74 Å². The highest BCUT2D eigenvalue weighted by Gasteiger charge is 2.06. The van der Waals surface area contributed by atoms with Gasteiger partial charge in [-0.15, -0.1) is 11.3 Å². The van der Waals surface area contributed by atoms with Crippen molar-refractivity contribution in [2.24, 2.45) is 0 Å². The van der Waals surface area contributed by atoms with Crippen molar-refractivity contribution in [1.29, 1.82) is 0 Å². The smallest absolute Gasteiger partial charge is 0.348 e. The van der Waals surface area contributed by atoms with Gasteiger partial charge in [0.05, 0.1) is 6.61 Å². The lowest BCUT2D eigenvalue weighted by Crippen LogP contribution is -2.04. The minimum Gasteiger partial charge on any atom is -0.462 e. The van der Waals surface area contributed by atoms with E-state index in [9.17, 15) is 4.79 Å². The van der Waals surface area contributed by atoms with Crippen LogP contribution in [0.25, 0.3) is 0 Å². The second kappa shape index (κ2) is 14.1. The molecule has 0 unspecified atom stereocenters. The Labute approximate surface area is 133 Å². The van der Waals surface area contributed by atoms with Crippen LogP contribution in [0, 0.1) is 0 Å². The van der Waals surface area contributed by atoms with Crippen molar-refractivity contribution in [2.75, 3.05) is 6.61 Å². The number of carbonyl (C=O) groups is 1. The van der Waals surface area contributed by atoms with E-state index in [1.807, 2.05) is 17.5 Å². The van der Waals surface area contributed by atoms with E-state index in [2.05, 4.69) is 6.92 Å². The molecule has 0 atom stereocenters. The Bertz CT molecular complexity index is 339. The fraction of sp³-hybridized carbons (Fsp3) is 0.706. The van der Waals surface area contributed by atoms with Crippen molar-refractivity contribution >= 4 is 17.3 Å². The SMILES string of the molecule is CCCCCCCCCCCCOC(=O)c1cccs1.N. The summed E-state index contributed by atoms with van der Waals surface area (Å²) < 4.78 is 5.23. The summed E-state index contributed by atoms with van der Waals surface area (Å²) in [5.74, 6) is -0.170. The van der Waals surface area contributed by atoms with Crippen LogP contribution in [-0.4, -0.2) is 12.6 Å². The van der Waals surface area contributed by atoms with Crippen LogP contribution >= 0.6 is 11.3 Å². The van der Waals surface area contributed by atoms with E-state index < -0.39 is 0 Å². The third-order valence-corrected chi connectivity index (χ3v) is 4.30. The van der Waals surface area contributed by atoms with Gasteiger partial charge in [0.1, 0.15) is 4.88 Å². The van der Waals surface area contributed by atoms with E-state index in [1.165, 1.54) is 69.1 Å². The lowest BCUT2D eigenvalue weighted by Gasteiger charge is -2.04. The molecule has 0 aliphatic heterocycles. The van der Waals surface area contributed by atoms with Gasteiger partial charge in [-0.3, -0.25) is 0 Å². The maximum atomic E-state index is 11.6. The van der Waals surface area contributed by atoms with Gasteiger partial charge in [-0.2, -0.15) is 0 Å². The highest BCUT2D eigenvalue weighted by atomic mass is 32.1. The average Bonchev–Trinajstić information content (AvgIpc) is 2.99. The van der Waals surface area contributed by atoms with Crippen molar-refractivity contribution in [2.45, 2.75) is 71.1 Å². The summed E-state index contributed by atoms with van der Waals surface area (Å²) in [6.07, 6.45) is 13.0. The van der Waals surface area contributed by atoms with Gasteiger partial charge in [0.25, 0.3) is 0 Å². The zero-order chi connectivity index (χ0) is 14.5. The van der Waals surface area contributed by atoms with Crippen molar-refractivity contribution in [1.82, 2.24) is 6.15 Å². The van der Waals surface area contributed by atoms with Crippen LogP contribution < -0.4 is 6.15 Å². The lowest BCUT2D eigenvalue weighted by molar-refractivity contribution is 0.0503. The van der Waals surface area contributed by atoms with Crippen molar-refractivity contribution in [3.8, 4) is 0 Å². The molecule has 3 nitrogen and oxygen atoms in total. The maximum absolute atomic E-state index is 11.6. The Morgan fingerprint density at radius 2 is 1.57 bits per heavy atom. The van der Waals surface area contributed by atoms with Crippen LogP contribution in [0.2, 0.25) is 0 Å². The van der Waals surface area contributed by atoms with Gasteiger partial charge in [-0.1, -0.05) is 70.8 Å². The minimum atomic E-state index is -0.170. The van der Waals surface area contributed by atoms with Gasteiger partial charge in [0.15, 0.2) is 0 Å². The largest absolute Gasteiger partial charge is 0.462 e. The maximum Gasteiger partial charge on any atom is 0.348 e. The molecule has 0 aliphatic carbocycles. The van der Waals surface area contributed by atoms with Gasteiger partial charge in [0.2, 0.25) is 0 Å². The molecule has 0 spiro atoms. The summed E-state index contributed by atoms with van der Waals surface area (Å²) >= 11 is 1.44. The molecule has 0 fully saturated rings. The number of carbonyl (C=O) groups excluding carboxylic acids is 1. The van der Waals surface area contributed by atoms with E-state index >= 15 is 0 Å². The minimum absolute atomic E-state index is 0. The third kappa shape index (κ3) is 10.5. The molecule has 0 saturated heterocycles. The molecule has 1 rings (SSSR count). The van der Waals surface area contributed by atoms with Crippen LogP contribution in [0.4, 0.5) is 0 Å². The van der Waals surface area contributed by atoms with Crippen molar-refractivity contribution in [3.05, 3.63) is 22.4 Å². The first-order valence-electron chi connectivity index (χ1n) is 8.05. The Morgan fingerprint density at radius 1 is 1.00 bits per heavy atom. The molecule has 0 amide bonds. The lowest BCUT2D eigenvalue weighted by atomic mass is 10.1. The van der Waals surface area contributed by atoms with Gasteiger partial charge in [-0.05, 0) is 17.9 Å². The first-order chi connectivity index (χ1) is 9.84. The van der Waals surface area contributed by atoms with Crippen LogP contribution in [0.3, 0.4) is 0 Å². The topological polar surface area (TPSA) is 61.3 Å². The second-order valence-electron chi connectivity index (χ2n) is 5.30. The summed E-state index contributed by atoms with van der Waals surface area (Å²) in [5, 5.41) is 1.90. The monoisotopic (exact) mass is 313 g/mol. The second-order valence-corrected chi connectivity index (χ2v) is 6.24. The zero-order valence-corrected chi connectivity index (χ0v) is 14.3. The number of thiophene rings is 1. The van der Waals surface area contributed by atoms with E-state index in [1.54, 1.807) is 0 Å². The third-order valence-electron chi connectivity index (χ3n) is 3.45. The Hall–Kier alpha value is -0.870. The molecular weight excluding hydrogens is 282 g/mol. The van der Waals surface area contributed by atoms with Crippen molar-refractivity contribution < 1.29 is 9.53 Å². The van der Waals surface area contributed by atoms with E-state index in [4.69, 9.17) is 4.74 Å². The highest BCUT2D eigenvalue weighted by molar-refractivity contribution is 7.11. The summed E-state index contributed by atoms with van der Waals surface area (Å²) in [4.78, 5) is 12.3. The molecule has 4 heteroatoms. The van der Waals surface area contributed by atoms with Gasteiger partial charge >= 0.3 is 5.97 Å². The molecule has 0 radical (unpaired) electrons. The Balaban J connectivity index is 0.00000400. The van der Waals surface area contributed by atoms with Gasteiger partial charge < -0.3 is 10.9 Å². The van der Waals surface area contributed by atoms with Crippen molar-refractivity contribution in [3.63, 3.8) is 0 Å². The van der Waals surface area contributed by atoms with Crippen LogP contribution in [0.5, 0.6) is 0 Å². The molecule has 1 heterocycles. The number of rotatable bonds is 12. The number of hydrogen-bond donors (Lipinski definition) is 1. The van der Waals surface area contributed by atoms with Crippen LogP contribution in [0.15, 0.2) is 17.5 Å². The molecule has 0 bridgehead atoms.